The number of nitrogens with one attached hydrogen (secondary N) is 1. The van der Waals surface area contributed by atoms with Crippen LogP contribution < -0.4 is 10.2 Å². The van der Waals surface area contributed by atoms with Crippen molar-refractivity contribution < 1.29 is 0 Å². The van der Waals surface area contributed by atoms with E-state index in [1.54, 1.807) is 0 Å². The minimum atomic E-state index is 0.129. The third kappa shape index (κ3) is 2.54. The molecule has 108 valence electrons. The Kier molecular flexibility index (Phi) is 3.68. The average molecular weight is 296 g/mol. The quantitative estimate of drug-likeness (QED) is 0.837. The van der Waals surface area contributed by atoms with Crippen LogP contribution >= 0.6 is 12.2 Å². The van der Waals surface area contributed by atoms with Gasteiger partial charge in [-0.2, -0.15) is 0 Å². The van der Waals surface area contributed by atoms with Gasteiger partial charge in [-0.1, -0.05) is 42.5 Å². The molecule has 0 spiro atoms. The second kappa shape index (κ2) is 5.49. The fourth-order valence-electron chi connectivity index (χ4n) is 2.91. The first-order valence-electron chi connectivity index (χ1n) is 7.33. The molecule has 0 unspecified atom stereocenters. The molecule has 1 aliphatic rings. The van der Waals surface area contributed by atoms with Gasteiger partial charge in [0.1, 0.15) is 0 Å². The Labute approximate surface area is 131 Å². The van der Waals surface area contributed by atoms with Gasteiger partial charge in [0.15, 0.2) is 5.11 Å². The van der Waals surface area contributed by atoms with E-state index in [2.05, 4.69) is 73.5 Å². The Bertz CT molecular complexity index is 664. The van der Waals surface area contributed by atoms with Crippen LogP contribution in [0.3, 0.4) is 0 Å². The van der Waals surface area contributed by atoms with E-state index in [1.807, 2.05) is 6.07 Å². The predicted molar refractivity (Wildman–Crippen MR) is 92.8 cm³/mol. The molecule has 1 N–H and O–H groups in total. The van der Waals surface area contributed by atoms with Gasteiger partial charge in [-0.3, -0.25) is 0 Å². The van der Waals surface area contributed by atoms with Gasteiger partial charge in [0.2, 0.25) is 0 Å². The molecule has 0 saturated carbocycles. The number of nitrogens with zero attached hydrogens (tertiary/aromatic N) is 1. The molecule has 21 heavy (non-hydrogen) atoms. The molecule has 0 aromatic heterocycles. The molecule has 1 heterocycles. The number of hydrogen-bond donors (Lipinski definition) is 1. The van der Waals surface area contributed by atoms with E-state index in [4.69, 9.17) is 12.2 Å². The van der Waals surface area contributed by atoms with E-state index >= 15 is 0 Å². The summed E-state index contributed by atoms with van der Waals surface area (Å²) in [6.45, 7) is 6.47. The number of rotatable bonds is 2. The second-order valence-corrected chi connectivity index (χ2v) is 6.21. The first-order chi connectivity index (χ1) is 10.1. The third-order valence-electron chi connectivity index (χ3n) is 3.89. The Morgan fingerprint density at radius 2 is 1.81 bits per heavy atom. The highest BCUT2D eigenvalue weighted by atomic mass is 32.1. The molecule has 3 rings (SSSR count). The highest BCUT2D eigenvalue weighted by Crippen LogP contribution is 2.36. The lowest BCUT2D eigenvalue weighted by atomic mass is 9.93. The van der Waals surface area contributed by atoms with Crippen molar-refractivity contribution >= 4 is 23.0 Å². The Balaban J connectivity index is 2.15. The molecule has 0 radical (unpaired) electrons. The van der Waals surface area contributed by atoms with E-state index in [1.165, 1.54) is 22.4 Å². The van der Waals surface area contributed by atoms with Crippen molar-refractivity contribution in [2.75, 3.05) is 4.90 Å². The van der Waals surface area contributed by atoms with Crippen molar-refractivity contribution in [1.29, 1.82) is 0 Å². The largest absolute Gasteiger partial charge is 0.351 e. The SMILES string of the molecule is Cc1ccc2c(c1)N(C(C)C)C(=S)N[C@H]2c1ccccc1. The molecule has 2 aromatic rings. The van der Waals surface area contributed by atoms with Crippen LogP contribution in [-0.2, 0) is 0 Å². The van der Waals surface area contributed by atoms with Crippen molar-refractivity contribution in [2.45, 2.75) is 32.9 Å². The van der Waals surface area contributed by atoms with E-state index in [0.29, 0.717) is 6.04 Å². The predicted octanol–water partition coefficient (Wildman–Crippen LogP) is 4.19. The normalized spacial score (nSPS) is 17.6. The van der Waals surface area contributed by atoms with Gasteiger partial charge in [0.05, 0.1) is 6.04 Å². The number of benzene rings is 2. The minimum Gasteiger partial charge on any atom is -0.351 e. The molecule has 2 aromatic carbocycles. The van der Waals surface area contributed by atoms with E-state index in [0.717, 1.165) is 5.11 Å². The zero-order valence-electron chi connectivity index (χ0n) is 12.6. The van der Waals surface area contributed by atoms with Crippen LogP contribution in [0.25, 0.3) is 0 Å². The van der Waals surface area contributed by atoms with Gasteiger partial charge in [-0.25, -0.2) is 0 Å². The summed E-state index contributed by atoms with van der Waals surface area (Å²) in [6, 6.07) is 17.6. The van der Waals surface area contributed by atoms with Crippen molar-refractivity contribution in [3.63, 3.8) is 0 Å². The lowest BCUT2D eigenvalue weighted by Crippen LogP contribution is -2.49. The van der Waals surface area contributed by atoms with Crippen molar-refractivity contribution in [1.82, 2.24) is 5.32 Å². The number of aryl methyl sites for hydroxylation is 1. The summed E-state index contributed by atoms with van der Waals surface area (Å²) in [4.78, 5) is 2.21. The van der Waals surface area contributed by atoms with Crippen LogP contribution in [0, 0.1) is 6.92 Å². The van der Waals surface area contributed by atoms with E-state index in [9.17, 15) is 0 Å². The molecule has 3 heteroatoms. The molecular weight excluding hydrogens is 276 g/mol. The zero-order chi connectivity index (χ0) is 15.0. The van der Waals surface area contributed by atoms with Crippen molar-refractivity contribution in [3.05, 3.63) is 65.2 Å². The third-order valence-corrected chi connectivity index (χ3v) is 4.21. The van der Waals surface area contributed by atoms with Crippen LogP contribution in [0.5, 0.6) is 0 Å². The summed E-state index contributed by atoms with van der Waals surface area (Å²) in [5, 5.41) is 4.30. The lowest BCUT2D eigenvalue weighted by Gasteiger charge is -2.40. The number of thiocarbonyl (C=S) groups is 1. The fourth-order valence-corrected chi connectivity index (χ4v) is 3.33. The van der Waals surface area contributed by atoms with Gasteiger partial charge in [0, 0.05) is 17.3 Å². The molecule has 0 saturated heterocycles. The molecule has 2 nitrogen and oxygen atoms in total. The maximum Gasteiger partial charge on any atom is 0.174 e. The Morgan fingerprint density at radius 3 is 2.48 bits per heavy atom. The van der Waals surface area contributed by atoms with Gasteiger partial charge in [-0.05, 0) is 50.2 Å². The summed E-state index contributed by atoms with van der Waals surface area (Å²) in [7, 11) is 0. The molecule has 0 fully saturated rings. The van der Waals surface area contributed by atoms with Crippen molar-refractivity contribution in [2.24, 2.45) is 0 Å². The number of fused-ring (bicyclic) bond motifs is 1. The molecule has 0 aliphatic carbocycles. The minimum absolute atomic E-state index is 0.129. The summed E-state index contributed by atoms with van der Waals surface area (Å²) >= 11 is 5.61. The van der Waals surface area contributed by atoms with Gasteiger partial charge in [0.25, 0.3) is 0 Å². The maximum absolute atomic E-state index is 5.61. The number of hydrogen-bond acceptors (Lipinski definition) is 1. The topological polar surface area (TPSA) is 15.3 Å². The molecular formula is C18H20N2S. The van der Waals surface area contributed by atoms with Gasteiger partial charge >= 0.3 is 0 Å². The molecule has 1 atom stereocenters. The smallest absolute Gasteiger partial charge is 0.174 e. The highest BCUT2D eigenvalue weighted by molar-refractivity contribution is 7.80. The maximum atomic E-state index is 5.61. The second-order valence-electron chi connectivity index (χ2n) is 5.82. The zero-order valence-corrected chi connectivity index (χ0v) is 13.4. The van der Waals surface area contributed by atoms with E-state index < -0.39 is 0 Å². The van der Waals surface area contributed by atoms with Crippen LogP contribution in [0.2, 0.25) is 0 Å². The summed E-state index contributed by atoms with van der Waals surface area (Å²) in [5.74, 6) is 0. The lowest BCUT2D eigenvalue weighted by molar-refractivity contribution is 0.691. The molecule has 1 aliphatic heterocycles. The monoisotopic (exact) mass is 296 g/mol. The van der Waals surface area contributed by atoms with Crippen LogP contribution in [-0.4, -0.2) is 11.2 Å². The standard InChI is InChI=1S/C18H20N2S/c1-12(2)20-16-11-13(3)9-10-15(16)17(19-18(20)21)14-7-5-4-6-8-14/h4-12,17H,1-3H3,(H,19,21)/t17-/m0/s1. The van der Waals surface area contributed by atoms with Crippen molar-refractivity contribution in [3.8, 4) is 0 Å². The summed E-state index contributed by atoms with van der Waals surface area (Å²) < 4.78 is 0. The summed E-state index contributed by atoms with van der Waals surface area (Å²) in [6.07, 6.45) is 0. The van der Waals surface area contributed by atoms with Crippen LogP contribution in [0.4, 0.5) is 5.69 Å². The van der Waals surface area contributed by atoms with E-state index in [-0.39, 0.29) is 6.04 Å². The summed E-state index contributed by atoms with van der Waals surface area (Å²) in [5.41, 5.74) is 5.01. The van der Waals surface area contributed by atoms with Crippen LogP contribution in [0.15, 0.2) is 48.5 Å². The molecule has 0 bridgehead atoms. The average Bonchev–Trinajstić information content (AvgIpc) is 2.46. The Hall–Kier alpha value is -1.87. The fraction of sp³-hybridized carbons (Fsp3) is 0.278. The molecule has 0 amide bonds. The van der Waals surface area contributed by atoms with Gasteiger partial charge < -0.3 is 10.2 Å². The van der Waals surface area contributed by atoms with Crippen LogP contribution in [0.1, 0.15) is 36.6 Å². The number of anilines is 1. The first kappa shape index (κ1) is 14.1. The highest BCUT2D eigenvalue weighted by Gasteiger charge is 2.30. The Morgan fingerprint density at radius 1 is 1.10 bits per heavy atom. The first-order valence-corrected chi connectivity index (χ1v) is 7.74. The van der Waals surface area contributed by atoms with Gasteiger partial charge in [-0.15, -0.1) is 0 Å².